The Hall–Kier alpha value is -1.31. The van der Waals surface area contributed by atoms with Crippen LogP contribution < -0.4 is 5.32 Å². The molecule has 1 aliphatic heterocycles. The van der Waals surface area contributed by atoms with Gasteiger partial charge in [0.15, 0.2) is 0 Å². The third kappa shape index (κ3) is 1.76. The highest BCUT2D eigenvalue weighted by atomic mass is 16.1. The lowest BCUT2D eigenvalue weighted by molar-refractivity contribution is -0.109. The molecule has 0 bridgehead atoms. The first kappa shape index (κ1) is 10.2. The monoisotopic (exact) mass is 203 g/mol. The maximum atomic E-state index is 11.0. The van der Waals surface area contributed by atoms with Crippen molar-refractivity contribution in [1.29, 1.82) is 0 Å². The van der Waals surface area contributed by atoms with Crippen LogP contribution in [0, 0.1) is 6.92 Å². The molecule has 0 radical (unpaired) electrons. The normalized spacial score (nSPS) is 19.2. The number of hydrogen-bond acceptors (Lipinski definition) is 2. The second kappa shape index (κ2) is 4.05. The largest absolute Gasteiger partial charge is 0.385 e. The van der Waals surface area contributed by atoms with Crippen molar-refractivity contribution in [3.63, 3.8) is 0 Å². The van der Waals surface area contributed by atoms with Gasteiger partial charge in [-0.2, -0.15) is 0 Å². The first-order chi connectivity index (χ1) is 7.26. The fourth-order valence-electron chi connectivity index (χ4n) is 2.28. The van der Waals surface area contributed by atoms with Gasteiger partial charge in [-0.1, -0.05) is 19.1 Å². The summed E-state index contributed by atoms with van der Waals surface area (Å²) in [6.45, 7) is 5.16. The number of fused-ring (bicyclic) bond motifs is 1. The highest BCUT2D eigenvalue weighted by Crippen LogP contribution is 2.33. The summed E-state index contributed by atoms with van der Waals surface area (Å²) in [7, 11) is 0. The van der Waals surface area contributed by atoms with Gasteiger partial charge in [-0.25, -0.2) is 0 Å². The predicted molar refractivity (Wildman–Crippen MR) is 62.5 cm³/mol. The van der Waals surface area contributed by atoms with Crippen LogP contribution in [0.3, 0.4) is 0 Å². The summed E-state index contributed by atoms with van der Waals surface area (Å²) in [5.74, 6) is 0.0893. The van der Waals surface area contributed by atoms with Gasteiger partial charge in [-0.15, -0.1) is 0 Å². The van der Waals surface area contributed by atoms with E-state index in [0.717, 1.165) is 25.7 Å². The van der Waals surface area contributed by atoms with E-state index in [1.54, 1.807) is 0 Å². The van der Waals surface area contributed by atoms with Crippen molar-refractivity contribution < 1.29 is 4.79 Å². The van der Waals surface area contributed by atoms with E-state index < -0.39 is 0 Å². The van der Waals surface area contributed by atoms with E-state index in [4.69, 9.17) is 0 Å². The third-order valence-corrected chi connectivity index (χ3v) is 3.15. The topological polar surface area (TPSA) is 29.1 Å². The minimum atomic E-state index is 0.0893. The first-order valence-electron chi connectivity index (χ1n) is 5.58. The summed E-state index contributed by atoms with van der Waals surface area (Å²) in [5.41, 5.74) is 4.95. The second-order valence-electron chi connectivity index (χ2n) is 4.19. The van der Waals surface area contributed by atoms with Crippen LogP contribution in [0.4, 0.5) is 5.69 Å². The molecule has 2 heteroatoms. The number of carbonyl (C=O) groups excluding carboxylic acids is 1. The minimum absolute atomic E-state index is 0.0893. The lowest BCUT2D eigenvalue weighted by atomic mass is 9.88. The Bertz CT molecular complexity index is 384. The van der Waals surface area contributed by atoms with Crippen molar-refractivity contribution in [3.8, 4) is 0 Å². The Balaban J connectivity index is 2.53. The zero-order valence-electron chi connectivity index (χ0n) is 9.34. The van der Waals surface area contributed by atoms with Gasteiger partial charge < -0.3 is 10.1 Å². The number of rotatable bonds is 2. The van der Waals surface area contributed by atoms with Crippen LogP contribution in [-0.4, -0.2) is 12.8 Å². The van der Waals surface area contributed by atoms with E-state index in [2.05, 4.69) is 31.3 Å². The summed E-state index contributed by atoms with van der Waals surface area (Å²) >= 11 is 0. The van der Waals surface area contributed by atoms with E-state index in [9.17, 15) is 4.79 Å². The first-order valence-corrected chi connectivity index (χ1v) is 5.58. The average molecular weight is 203 g/mol. The van der Waals surface area contributed by atoms with Gasteiger partial charge in [0.2, 0.25) is 0 Å². The Morgan fingerprint density at radius 2 is 2.33 bits per heavy atom. The summed E-state index contributed by atoms with van der Waals surface area (Å²) in [5, 5.41) is 3.39. The van der Waals surface area contributed by atoms with Gasteiger partial charge >= 0.3 is 0 Å². The number of anilines is 1. The quantitative estimate of drug-likeness (QED) is 0.749. The summed E-state index contributed by atoms with van der Waals surface area (Å²) < 4.78 is 0. The Morgan fingerprint density at radius 3 is 3.00 bits per heavy atom. The fourth-order valence-corrected chi connectivity index (χ4v) is 2.28. The molecular formula is C13H17NO. The number of hydrogen-bond donors (Lipinski definition) is 1. The number of benzene rings is 1. The molecule has 15 heavy (non-hydrogen) atoms. The predicted octanol–water partition coefficient (Wildman–Crippen LogP) is 2.66. The van der Waals surface area contributed by atoms with Crippen LogP contribution in [-0.2, 0) is 11.2 Å². The Labute approximate surface area is 90.7 Å². The molecule has 1 aromatic rings. The SMILES string of the molecule is CCc1cc(C)c2c(c1)[C@H](C=O)CCN2. The molecule has 0 amide bonds. The van der Waals surface area contributed by atoms with Crippen LogP contribution >= 0.6 is 0 Å². The van der Waals surface area contributed by atoms with Crippen LogP contribution in [0.5, 0.6) is 0 Å². The van der Waals surface area contributed by atoms with Gasteiger partial charge in [0, 0.05) is 18.2 Å². The molecule has 0 fully saturated rings. The van der Waals surface area contributed by atoms with Crippen LogP contribution in [0.25, 0.3) is 0 Å². The van der Waals surface area contributed by atoms with Crippen molar-refractivity contribution in [2.75, 3.05) is 11.9 Å². The highest BCUT2D eigenvalue weighted by molar-refractivity contribution is 5.72. The zero-order chi connectivity index (χ0) is 10.8. The summed E-state index contributed by atoms with van der Waals surface area (Å²) in [4.78, 5) is 11.0. The van der Waals surface area contributed by atoms with Crippen molar-refractivity contribution in [2.45, 2.75) is 32.6 Å². The molecule has 1 heterocycles. The lowest BCUT2D eigenvalue weighted by Crippen LogP contribution is -2.19. The summed E-state index contributed by atoms with van der Waals surface area (Å²) in [6.07, 6.45) is 3.03. The third-order valence-electron chi connectivity index (χ3n) is 3.15. The van der Waals surface area contributed by atoms with Crippen molar-refractivity contribution in [1.82, 2.24) is 0 Å². The van der Waals surface area contributed by atoms with E-state index in [1.165, 1.54) is 22.4 Å². The molecule has 0 unspecified atom stereocenters. The number of aryl methyl sites for hydroxylation is 2. The lowest BCUT2D eigenvalue weighted by Gasteiger charge is -2.25. The Morgan fingerprint density at radius 1 is 1.53 bits per heavy atom. The molecule has 2 nitrogen and oxygen atoms in total. The zero-order valence-corrected chi connectivity index (χ0v) is 9.34. The molecule has 0 spiro atoms. The second-order valence-corrected chi connectivity index (χ2v) is 4.19. The van der Waals surface area contributed by atoms with Crippen LogP contribution in [0.15, 0.2) is 12.1 Å². The molecule has 0 aromatic heterocycles. The van der Waals surface area contributed by atoms with Gasteiger partial charge in [0.25, 0.3) is 0 Å². The summed E-state index contributed by atoms with van der Waals surface area (Å²) in [6, 6.07) is 4.38. The molecular weight excluding hydrogens is 186 g/mol. The number of carbonyl (C=O) groups is 1. The van der Waals surface area contributed by atoms with Gasteiger partial charge in [0.1, 0.15) is 6.29 Å². The van der Waals surface area contributed by atoms with Crippen molar-refractivity contribution in [3.05, 3.63) is 28.8 Å². The van der Waals surface area contributed by atoms with E-state index in [0.29, 0.717) is 0 Å². The molecule has 1 N–H and O–H groups in total. The fraction of sp³-hybridized carbons (Fsp3) is 0.462. The average Bonchev–Trinajstić information content (AvgIpc) is 2.28. The van der Waals surface area contributed by atoms with E-state index in [1.807, 2.05) is 0 Å². The van der Waals surface area contributed by atoms with Gasteiger partial charge in [-0.3, -0.25) is 0 Å². The van der Waals surface area contributed by atoms with E-state index >= 15 is 0 Å². The number of aldehydes is 1. The van der Waals surface area contributed by atoms with Gasteiger partial charge in [0.05, 0.1) is 0 Å². The molecule has 80 valence electrons. The molecule has 1 aliphatic rings. The maximum Gasteiger partial charge on any atom is 0.127 e. The van der Waals surface area contributed by atoms with Crippen LogP contribution in [0.2, 0.25) is 0 Å². The van der Waals surface area contributed by atoms with Crippen molar-refractivity contribution >= 4 is 12.0 Å². The van der Waals surface area contributed by atoms with Crippen LogP contribution in [0.1, 0.15) is 36.0 Å². The molecule has 1 atom stereocenters. The molecule has 0 aliphatic carbocycles. The van der Waals surface area contributed by atoms with Gasteiger partial charge in [-0.05, 0) is 36.5 Å². The minimum Gasteiger partial charge on any atom is -0.385 e. The molecule has 1 aromatic carbocycles. The van der Waals surface area contributed by atoms with E-state index in [-0.39, 0.29) is 5.92 Å². The van der Waals surface area contributed by atoms with Crippen molar-refractivity contribution in [2.24, 2.45) is 0 Å². The molecule has 2 rings (SSSR count). The number of nitrogens with one attached hydrogen (secondary N) is 1. The smallest absolute Gasteiger partial charge is 0.127 e. The maximum absolute atomic E-state index is 11.0. The Kier molecular flexibility index (Phi) is 2.76. The standard InChI is InChI=1S/C13H17NO/c1-3-10-6-9(2)13-12(7-10)11(8-15)4-5-14-13/h6-8,11,14H,3-5H2,1-2H3/t11-/m0/s1. The highest BCUT2D eigenvalue weighted by Gasteiger charge is 2.20. The molecule has 0 saturated carbocycles. The molecule has 0 saturated heterocycles.